The lowest BCUT2D eigenvalue weighted by Gasteiger charge is -2.22. The maximum Gasteiger partial charge on any atom is 0.312 e. The third kappa shape index (κ3) is 5.34. The molecule has 1 aliphatic carbocycles. The smallest absolute Gasteiger partial charge is 0.312 e. The first-order valence-electron chi connectivity index (χ1n) is 8.11. The second-order valence-corrected chi connectivity index (χ2v) is 6.61. The van der Waals surface area contributed by atoms with Crippen LogP contribution in [-0.4, -0.2) is 25.7 Å². The quantitative estimate of drug-likeness (QED) is 0.712. The second-order valence-electron chi connectivity index (χ2n) is 6.61. The summed E-state index contributed by atoms with van der Waals surface area (Å²) in [6, 6.07) is 8.14. The van der Waals surface area contributed by atoms with E-state index in [-0.39, 0.29) is 5.97 Å². The van der Waals surface area contributed by atoms with Crippen LogP contribution in [0.15, 0.2) is 24.3 Å². The first kappa shape index (κ1) is 16.8. The van der Waals surface area contributed by atoms with Crippen molar-refractivity contribution in [3.63, 3.8) is 0 Å². The summed E-state index contributed by atoms with van der Waals surface area (Å²) in [6.45, 7) is 8.20. The fourth-order valence-corrected chi connectivity index (χ4v) is 2.12. The van der Waals surface area contributed by atoms with E-state index < -0.39 is 5.41 Å². The monoisotopic (exact) mass is 305 g/mol. The molecule has 0 spiro atoms. The number of benzene rings is 1. The summed E-state index contributed by atoms with van der Waals surface area (Å²) in [5, 5.41) is 3.32. The van der Waals surface area contributed by atoms with E-state index in [1.807, 2.05) is 32.9 Å². The molecule has 0 bridgehead atoms. The van der Waals surface area contributed by atoms with Crippen LogP contribution in [0.2, 0.25) is 0 Å². The van der Waals surface area contributed by atoms with Crippen molar-refractivity contribution in [2.45, 2.75) is 40.2 Å². The third-order valence-electron chi connectivity index (χ3n) is 3.83. The summed E-state index contributed by atoms with van der Waals surface area (Å²) in [5.41, 5.74) is 0.669. The Bertz CT molecular complexity index is 478. The molecular weight excluding hydrogens is 278 g/mol. The van der Waals surface area contributed by atoms with E-state index in [4.69, 9.17) is 9.47 Å². The number of hydrogen-bond acceptors (Lipinski definition) is 4. The third-order valence-corrected chi connectivity index (χ3v) is 3.83. The first-order valence-corrected chi connectivity index (χ1v) is 8.11. The van der Waals surface area contributed by atoms with Gasteiger partial charge < -0.3 is 14.8 Å². The van der Waals surface area contributed by atoms with Crippen LogP contribution in [0.25, 0.3) is 0 Å². The predicted molar refractivity (Wildman–Crippen MR) is 86.8 cm³/mol. The van der Waals surface area contributed by atoms with Gasteiger partial charge in [0.1, 0.15) is 5.75 Å². The molecule has 1 aromatic rings. The fraction of sp³-hybridized carbons (Fsp3) is 0.611. The van der Waals surface area contributed by atoms with Crippen molar-refractivity contribution in [1.29, 1.82) is 0 Å². The Morgan fingerprint density at radius 2 is 1.95 bits per heavy atom. The van der Waals surface area contributed by atoms with E-state index in [1.165, 1.54) is 18.4 Å². The van der Waals surface area contributed by atoms with Crippen molar-refractivity contribution in [2.24, 2.45) is 11.3 Å². The Balaban J connectivity index is 1.72. The Morgan fingerprint density at radius 3 is 2.55 bits per heavy atom. The maximum absolute atomic E-state index is 11.8. The summed E-state index contributed by atoms with van der Waals surface area (Å²) in [5.74, 6) is 1.54. The summed E-state index contributed by atoms with van der Waals surface area (Å²) in [6.07, 6.45) is 2.61. The minimum absolute atomic E-state index is 0.161. The number of carbonyl (C=O) groups excluding carboxylic acids is 1. The molecular formula is C18H27NO3. The van der Waals surface area contributed by atoms with Gasteiger partial charge in [0.05, 0.1) is 18.6 Å². The molecule has 1 saturated carbocycles. The molecule has 22 heavy (non-hydrogen) atoms. The number of nitrogens with one attached hydrogen (secondary N) is 1. The highest BCUT2D eigenvalue weighted by atomic mass is 16.5. The summed E-state index contributed by atoms with van der Waals surface area (Å²) in [7, 11) is 0. The van der Waals surface area contributed by atoms with Crippen LogP contribution in [0, 0.1) is 11.3 Å². The number of carbonyl (C=O) groups is 1. The molecule has 0 unspecified atom stereocenters. The molecule has 4 heteroatoms. The van der Waals surface area contributed by atoms with Gasteiger partial charge in [0, 0.05) is 13.1 Å². The van der Waals surface area contributed by atoms with Gasteiger partial charge in [0.25, 0.3) is 0 Å². The van der Waals surface area contributed by atoms with Gasteiger partial charge >= 0.3 is 5.97 Å². The Morgan fingerprint density at radius 1 is 1.27 bits per heavy atom. The maximum atomic E-state index is 11.8. The van der Waals surface area contributed by atoms with Crippen LogP contribution in [0.4, 0.5) is 0 Å². The van der Waals surface area contributed by atoms with E-state index >= 15 is 0 Å². The Kier molecular flexibility index (Phi) is 5.83. The van der Waals surface area contributed by atoms with E-state index in [0.29, 0.717) is 13.2 Å². The van der Waals surface area contributed by atoms with Gasteiger partial charge in [-0.3, -0.25) is 4.79 Å². The van der Waals surface area contributed by atoms with Gasteiger partial charge in [0.15, 0.2) is 0 Å². The zero-order chi connectivity index (χ0) is 16.0. The molecule has 1 aromatic carbocycles. The standard InChI is InChI=1S/C18H27NO3/c1-4-21-17(20)18(2,3)13-19-11-14-7-9-16(10-8-14)22-12-15-5-6-15/h7-10,15,19H,4-6,11-13H2,1-3H3. The van der Waals surface area contributed by atoms with Crippen molar-refractivity contribution in [3.8, 4) is 5.75 Å². The van der Waals surface area contributed by atoms with Crippen molar-refractivity contribution in [1.82, 2.24) is 5.32 Å². The summed E-state index contributed by atoms with van der Waals surface area (Å²) in [4.78, 5) is 11.8. The summed E-state index contributed by atoms with van der Waals surface area (Å²) < 4.78 is 10.8. The van der Waals surface area contributed by atoms with Gasteiger partial charge in [-0.25, -0.2) is 0 Å². The zero-order valence-electron chi connectivity index (χ0n) is 13.9. The van der Waals surface area contributed by atoms with Crippen molar-refractivity contribution >= 4 is 5.97 Å². The minimum atomic E-state index is -0.511. The number of rotatable bonds is 9. The zero-order valence-corrected chi connectivity index (χ0v) is 13.9. The van der Waals surface area contributed by atoms with Crippen LogP contribution in [0.5, 0.6) is 5.75 Å². The van der Waals surface area contributed by atoms with E-state index in [2.05, 4.69) is 17.4 Å². The molecule has 2 rings (SSSR count). The fourth-order valence-electron chi connectivity index (χ4n) is 2.12. The number of ether oxygens (including phenoxy) is 2. The number of esters is 1. The lowest BCUT2D eigenvalue weighted by Crippen LogP contribution is -2.37. The number of hydrogen-bond donors (Lipinski definition) is 1. The molecule has 4 nitrogen and oxygen atoms in total. The normalized spacial score (nSPS) is 14.7. The van der Waals surface area contributed by atoms with Crippen molar-refractivity contribution in [3.05, 3.63) is 29.8 Å². The van der Waals surface area contributed by atoms with Crippen LogP contribution in [0.3, 0.4) is 0 Å². The predicted octanol–water partition coefficient (Wildman–Crippen LogP) is 3.15. The second kappa shape index (κ2) is 7.63. The molecule has 0 aliphatic heterocycles. The van der Waals surface area contributed by atoms with Gasteiger partial charge in [-0.15, -0.1) is 0 Å². The summed E-state index contributed by atoms with van der Waals surface area (Å²) >= 11 is 0. The largest absolute Gasteiger partial charge is 0.493 e. The lowest BCUT2D eigenvalue weighted by molar-refractivity contribution is -0.153. The molecule has 122 valence electrons. The van der Waals surface area contributed by atoms with Gasteiger partial charge in [-0.2, -0.15) is 0 Å². The topological polar surface area (TPSA) is 47.6 Å². The average molecular weight is 305 g/mol. The molecule has 1 fully saturated rings. The van der Waals surface area contributed by atoms with Crippen LogP contribution in [-0.2, 0) is 16.1 Å². The van der Waals surface area contributed by atoms with Gasteiger partial charge in [-0.1, -0.05) is 12.1 Å². The van der Waals surface area contributed by atoms with E-state index in [1.54, 1.807) is 0 Å². The SMILES string of the molecule is CCOC(=O)C(C)(C)CNCc1ccc(OCC2CC2)cc1. The molecule has 1 N–H and O–H groups in total. The van der Waals surface area contributed by atoms with Crippen LogP contribution >= 0.6 is 0 Å². The first-order chi connectivity index (χ1) is 10.5. The molecule has 0 saturated heterocycles. The molecule has 0 atom stereocenters. The molecule has 0 amide bonds. The van der Waals surface area contributed by atoms with E-state index in [0.717, 1.165) is 24.8 Å². The average Bonchev–Trinajstić information content (AvgIpc) is 3.31. The molecule has 0 aromatic heterocycles. The highest BCUT2D eigenvalue weighted by Gasteiger charge is 2.28. The van der Waals surface area contributed by atoms with E-state index in [9.17, 15) is 4.79 Å². The van der Waals surface area contributed by atoms with Gasteiger partial charge in [0.2, 0.25) is 0 Å². The van der Waals surface area contributed by atoms with Crippen LogP contribution < -0.4 is 10.1 Å². The van der Waals surface area contributed by atoms with Crippen LogP contribution in [0.1, 0.15) is 39.2 Å². The molecule has 0 heterocycles. The minimum Gasteiger partial charge on any atom is -0.493 e. The molecule has 0 radical (unpaired) electrons. The van der Waals surface area contributed by atoms with Gasteiger partial charge in [-0.05, 0) is 57.2 Å². The lowest BCUT2D eigenvalue weighted by atomic mass is 9.93. The molecule has 1 aliphatic rings. The Labute approximate surface area is 133 Å². The highest BCUT2D eigenvalue weighted by molar-refractivity contribution is 5.76. The Hall–Kier alpha value is -1.55. The highest BCUT2D eigenvalue weighted by Crippen LogP contribution is 2.29. The van der Waals surface area contributed by atoms with Crippen molar-refractivity contribution in [2.75, 3.05) is 19.8 Å². The van der Waals surface area contributed by atoms with Crippen molar-refractivity contribution < 1.29 is 14.3 Å².